The van der Waals surface area contributed by atoms with Crippen LogP contribution >= 0.6 is 11.3 Å². The Balaban J connectivity index is 1.73. The van der Waals surface area contributed by atoms with Gasteiger partial charge in [-0.05, 0) is 30.2 Å². The normalized spacial score (nSPS) is 11.1. The van der Waals surface area contributed by atoms with Crippen LogP contribution in [0.15, 0.2) is 42.5 Å². The molecule has 0 saturated heterocycles. The lowest BCUT2D eigenvalue weighted by molar-refractivity contribution is 0.700. The molecule has 0 amide bonds. The third kappa shape index (κ3) is 2.74. The molecule has 1 heterocycles. The van der Waals surface area contributed by atoms with Crippen molar-refractivity contribution >= 4 is 22.1 Å². The molecule has 3 aromatic rings. The maximum Gasteiger partial charge on any atom is 0.0900 e. The Morgan fingerprint density at radius 3 is 2.60 bits per heavy atom. The number of fused-ring (bicyclic) bond motifs is 1. The molecule has 3 heteroatoms. The Morgan fingerprint density at radius 2 is 1.80 bits per heavy atom. The minimum absolute atomic E-state index is 0.887. The van der Waals surface area contributed by atoms with Crippen molar-refractivity contribution in [2.75, 3.05) is 0 Å². The van der Waals surface area contributed by atoms with E-state index in [2.05, 4.69) is 66.6 Å². The van der Waals surface area contributed by atoms with Crippen LogP contribution in [0.1, 0.15) is 21.1 Å². The standard InChI is InChI=1S/C17H18N2S/c1-12-17(20-13(2)19-12)11-18-10-15-8-5-7-14-6-3-4-9-16(14)15/h3-9,18H,10-11H2,1-2H3. The average Bonchev–Trinajstić information content (AvgIpc) is 2.77. The Labute approximate surface area is 123 Å². The molecule has 0 fully saturated rings. The van der Waals surface area contributed by atoms with Crippen molar-refractivity contribution in [1.29, 1.82) is 0 Å². The first-order valence-corrected chi connectivity index (χ1v) is 7.66. The van der Waals surface area contributed by atoms with Crippen molar-refractivity contribution in [3.05, 3.63) is 63.6 Å². The van der Waals surface area contributed by atoms with Gasteiger partial charge in [-0.3, -0.25) is 0 Å². The van der Waals surface area contributed by atoms with Gasteiger partial charge in [0.2, 0.25) is 0 Å². The maximum atomic E-state index is 4.47. The zero-order valence-corrected chi connectivity index (χ0v) is 12.6. The van der Waals surface area contributed by atoms with Gasteiger partial charge in [-0.25, -0.2) is 4.98 Å². The van der Waals surface area contributed by atoms with Gasteiger partial charge in [-0.15, -0.1) is 11.3 Å². The van der Waals surface area contributed by atoms with Crippen LogP contribution in [0, 0.1) is 13.8 Å². The largest absolute Gasteiger partial charge is 0.308 e. The molecule has 102 valence electrons. The van der Waals surface area contributed by atoms with Gasteiger partial charge in [0.15, 0.2) is 0 Å². The molecule has 0 bridgehead atoms. The summed E-state index contributed by atoms with van der Waals surface area (Å²) in [5.74, 6) is 0. The lowest BCUT2D eigenvalue weighted by Crippen LogP contribution is -2.12. The van der Waals surface area contributed by atoms with E-state index in [-0.39, 0.29) is 0 Å². The highest BCUT2D eigenvalue weighted by atomic mass is 32.1. The molecule has 0 atom stereocenters. The van der Waals surface area contributed by atoms with Crippen molar-refractivity contribution < 1.29 is 0 Å². The highest BCUT2D eigenvalue weighted by molar-refractivity contribution is 7.11. The van der Waals surface area contributed by atoms with Gasteiger partial charge >= 0.3 is 0 Å². The number of hydrogen-bond donors (Lipinski definition) is 1. The lowest BCUT2D eigenvalue weighted by atomic mass is 10.0. The van der Waals surface area contributed by atoms with E-state index in [0.717, 1.165) is 23.8 Å². The monoisotopic (exact) mass is 282 g/mol. The van der Waals surface area contributed by atoms with Crippen molar-refractivity contribution in [2.45, 2.75) is 26.9 Å². The SMILES string of the molecule is Cc1nc(C)c(CNCc2cccc3ccccc23)s1. The summed E-state index contributed by atoms with van der Waals surface area (Å²) >= 11 is 1.78. The summed E-state index contributed by atoms with van der Waals surface area (Å²) in [7, 11) is 0. The molecule has 20 heavy (non-hydrogen) atoms. The summed E-state index contributed by atoms with van der Waals surface area (Å²) in [6, 6.07) is 15.0. The minimum atomic E-state index is 0.887. The number of aryl methyl sites for hydroxylation is 2. The predicted octanol–water partition coefficient (Wildman–Crippen LogP) is 4.20. The second kappa shape index (κ2) is 5.73. The Hall–Kier alpha value is -1.71. The van der Waals surface area contributed by atoms with E-state index in [1.165, 1.54) is 21.2 Å². The molecule has 1 aromatic heterocycles. The molecule has 2 nitrogen and oxygen atoms in total. The van der Waals surface area contributed by atoms with E-state index < -0.39 is 0 Å². The van der Waals surface area contributed by atoms with Crippen molar-refractivity contribution in [1.82, 2.24) is 10.3 Å². The fourth-order valence-electron chi connectivity index (χ4n) is 2.49. The quantitative estimate of drug-likeness (QED) is 0.775. The summed E-state index contributed by atoms with van der Waals surface area (Å²) in [5.41, 5.74) is 2.50. The van der Waals surface area contributed by atoms with Gasteiger partial charge in [-0.2, -0.15) is 0 Å². The summed E-state index contributed by atoms with van der Waals surface area (Å²) < 4.78 is 0. The summed E-state index contributed by atoms with van der Waals surface area (Å²) in [6.07, 6.45) is 0. The van der Waals surface area contributed by atoms with Gasteiger partial charge in [-0.1, -0.05) is 42.5 Å². The Bertz CT molecular complexity index is 725. The van der Waals surface area contributed by atoms with Crippen molar-refractivity contribution in [2.24, 2.45) is 0 Å². The number of rotatable bonds is 4. The zero-order valence-electron chi connectivity index (χ0n) is 11.8. The number of thiazole rings is 1. The van der Waals surface area contributed by atoms with E-state index in [0.29, 0.717) is 0 Å². The predicted molar refractivity (Wildman–Crippen MR) is 86.1 cm³/mol. The molecule has 1 N–H and O–H groups in total. The van der Waals surface area contributed by atoms with Gasteiger partial charge < -0.3 is 5.32 Å². The van der Waals surface area contributed by atoms with Gasteiger partial charge in [0, 0.05) is 18.0 Å². The second-order valence-corrected chi connectivity index (χ2v) is 6.27. The molecular weight excluding hydrogens is 264 g/mol. The molecule has 0 aliphatic heterocycles. The van der Waals surface area contributed by atoms with E-state index in [4.69, 9.17) is 0 Å². The topological polar surface area (TPSA) is 24.9 Å². The molecule has 0 spiro atoms. The Kier molecular flexibility index (Phi) is 3.81. The van der Waals surface area contributed by atoms with Crippen LogP contribution in [0.5, 0.6) is 0 Å². The van der Waals surface area contributed by atoms with E-state index in [1.807, 2.05) is 0 Å². The molecule has 0 saturated carbocycles. The fraction of sp³-hybridized carbons (Fsp3) is 0.235. The van der Waals surface area contributed by atoms with Crippen LogP contribution < -0.4 is 5.32 Å². The van der Waals surface area contributed by atoms with E-state index in [9.17, 15) is 0 Å². The number of hydrogen-bond acceptors (Lipinski definition) is 3. The Morgan fingerprint density at radius 1 is 1.00 bits per heavy atom. The molecule has 0 radical (unpaired) electrons. The third-order valence-corrected chi connectivity index (χ3v) is 4.55. The van der Waals surface area contributed by atoms with Crippen LogP contribution in [-0.2, 0) is 13.1 Å². The summed E-state index contributed by atoms with van der Waals surface area (Å²) in [5, 5.41) is 7.31. The van der Waals surface area contributed by atoms with Crippen LogP contribution in [0.2, 0.25) is 0 Å². The van der Waals surface area contributed by atoms with Gasteiger partial charge in [0.05, 0.1) is 10.7 Å². The van der Waals surface area contributed by atoms with E-state index >= 15 is 0 Å². The number of aromatic nitrogens is 1. The van der Waals surface area contributed by atoms with Crippen LogP contribution in [0.4, 0.5) is 0 Å². The average molecular weight is 282 g/mol. The highest BCUT2D eigenvalue weighted by Crippen LogP contribution is 2.19. The second-order valence-electron chi connectivity index (χ2n) is 4.98. The molecular formula is C17H18N2S. The highest BCUT2D eigenvalue weighted by Gasteiger charge is 2.05. The van der Waals surface area contributed by atoms with Crippen LogP contribution in [-0.4, -0.2) is 4.98 Å². The van der Waals surface area contributed by atoms with Crippen molar-refractivity contribution in [3.63, 3.8) is 0 Å². The van der Waals surface area contributed by atoms with Crippen LogP contribution in [0.3, 0.4) is 0 Å². The van der Waals surface area contributed by atoms with Gasteiger partial charge in [0.1, 0.15) is 0 Å². The van der Waals surface area contributed by atoms with Gasteiger partial charge in [0.25, 0.3) is 0 Å². The third-order valence-electron chi connectivity index (χ3n) is 3.48. The molecule has 2 aromatic carbocycles. The maximum absolute atomic E-state index is 4.47. The number of benzene rings is 2. The number of nitrogens with one attached hydrogen (secondary N) is 1. The fourth-order valence-corrected chi connectivity index (χ4v) is 3.40. The lowest BCUT2D eigenvalue weighted by Gasteiger charge is -2.07. The minimum Gasteiger partial charge on any atom is -0.308 e. The van der Waals surface area contributed by atoms with E-state index in [1.54, 1.807) is 11.3 Å². The molecule has 3 rings (SSSR count). The summed E-state index contributed by atoms with van der Waals surface area (Å²) in [4.78, 5) is 5.80. The zero-order chi connectivity index (χ0) is 13.9. The van der Waals surface area contributed by atoms with Crippen LogP contribution in [0.25, 0.3) is 10.8 Å². The summed E-state index contributed by atoms with van der Waals surface area (Å²) in [6.45, 7) is 5.92. The first kappa shape index (κ1) is 13.3. The first-order chi connectivity index (χ1) is 9.74. The molecule has 0 aliphatic rings. The van der Waals surface area contributed by atoms with Crippen molar-refractivity contribution in [3.8, 4) is 0 Å². The molecule has 0 unspecified atom stereocenters. The molecule has 0 aliphatic carbocycles. The first-order valence-electron chi connectivity index (χ1n) is 6.84. The number of nitrogens with zero attached hydrogens (tertiary/aromatic N) is 1. The smallest absolute Gasteiger partial charge is 0.0900 e.